The first-order chi connectivity index (χ1) is 13.8. The lowest BCUT2D eigenvalue weighted by molar-refractivity contribution is -0.122. The monoisotopic (exact) mass is 422 g/mol. The Balaban J connectivity index is 1.52. The third-order valence-corrected chi connectivity index (χ3v) is 6.60. The zero-order valence-electron chi connectivity index (χ0n) is 16.8. The van der Waals surface area contributed by atoms with Gasteiger partial charge in [0.1, 0.15) is 16.7 Å². The molecule has 0 aromatic carbocycles. The van der Waals surface area contributed by atoms with E-state index in [0.717, 1.165) is 18.4 Å². The molecule has 2 N–H and O–H groups in total. The van der Waals surface area contributed by atoms with Crippen LogP contribution in [0.2, 0.25) is 0 Å². The first-order valence-electron chi connectivity index (χ1n) is 9.61. The van der Waals surface area contributed by atoms with Gasteiger partial charge in [0, 0.05) is 18.8 Å². The molecule has 0 spiro atoms. The summed E-state index contributed by atoms with van der Waals surface area (Å²) in [6.07, 6.45) is 6.37. The zero-order chi connectivity index (χ0) is 21.0. The topological polar surface area (TPSA) is 123 Å². The van der Waals surface area contributed by atoms with Crippen LogP contribution >= 0.6 is 0 Å². The first-order valence-corrected chi connectivity index (χ1v) is 11.1. The van der Waals surface area contributed by atoms with Crippen molar-refractivity contribution in [2.45, 2.75) is 70.0 Å². The van der Waals surface area contributed by atoms with Crippen molar-refractivity contribution >= 4 is 15.9 Å². The van der Waals surface area contributed by atoms with Gasteiger partial charge in [0.25, 0.3) is 0 Å². The van der Waals surface area contributed by atoms with Crippen LogP contribution < -0.4 is 14.8 Å². The van der Waals surface area contributed by atoms with Gasteiger partial charge in [-0.25, -0.2) is 13.4 Å². The summed E-state index contributed by atoms with van der Waals surface area (Å²) in [4.78, 5) is 16.5. The number of hydrogen-bond acceptors (Lipinski definition) is 7. The lowest BCUT2D eigenvalue weighted by atomic mass is 10.2. The van der Waals surface area contributed by atoms with E-state index in [4.69, 9.17) is 9.26 Å². The molecular weight excluding hydrogens is 396 g/mol. The summed E-state index contributed by atoms with van der Waals surface area (Å²) >= 11 is 0. The fraction of sp³-hybridized carbons (Fsp3) is 0.526. The number of nitrogens with one attached hydrogen (secondary N) is 2. The molecule has 10 heteroatoms. The maximum absolute atomic E-state index is 12.5. The maximum atomic E-state index is 12.5. The van der Waals surface area contributed by atoms with Gasteiger partial charge in [0.2, 0.25) is 21.8 Å². The predicted molar refractivity (Wildman–Crippen MR) is 105 cm³/mol. The number of carbonyl (C=O) groups excluding carboxylic acids is 1. The normalized spacial score (nSPS) is 16.0. The number of hydrogen-bond donors (Lipinski definition) is 2. The van der Waals surface area contributed by atoms with Gasteiger partial charge in [0.15, 0.2) is 5.76 Å². The molecular formula is C19H26N4O5S. The highest BCUT2D eigenvalue weighted by molar-refractivity contribution is 7.89. The second kappa shape index (κ2) is 8.91. The van der Waals surface area contributed by atoms with Crippen molar-refractivity contribution in [1.82, 2.24) is 20.2 Å². The number of aryl methyl sites for hydroxylation is 2. The average molecular weight is 423 g/mol. The van der Waals surface area contributed by atoms with Gasteiger partial charge in [-0.3, -0.25) is 4.79 Å². The SMILES string of the molecule is Cc1noc(C)c1S(=O)(=O)N[C@@H](C)C(=O)NCc1ccc(OC2CCCC2)nc1. The Morgan fingerprint density at radius 1 is 1.31 bits per heavy atom. The van der Waals surface area contributed by atoms with Crippen molar-refractivity contribution in [2.24, 2.45) is 0 Å². The van der Waals surface area contributed by atoms with E-state index in [2.05, 4.69) is 20.2 Å². The number of aromatic nitrogens is 2. The molecule has 0 saturated heterocycles. The summed E-state index contributed by atoms with van der Waals surface area (Å²) in [5.74, 6) is 0.299. The smallest absolute Gasteiger partial charge is 0.246 e. The van der Waals surface area contributed by atoms with Gasteiger partial charge >= 0.3 is 0 Å². The van der Waals surface area contributed by atoms with Crippen molar-refractivity contribution < 1.29 is 22.5 Å². The average Bonchev–Trinajstić information content (AvgIpc) is 3.30. The zero-order valence-corrected chi connectivity index (χ0v) is 17.6. The Morgan fingerprint density at radius 2 is 2.03 bits per heavy atom. The second-order valence-electron chi connectivity index (χ2n) is 7.24. The van der Waals surface area contributed by atoms with Crippen LogP contribution in [-0.2, 0) is 21.4 Å². The van der Waals surface area contributed by atoms with Crippen molar-refractivity contribution in [1.29, 1.82) is 0 Å². The van der Waals surface area contributed by atoms with Crippen LogP contribution in [-0.4, -0.2) is 36.6 Å². The summed E-state index contributed by atoms with van der Waals surface area (Å²) in [5, 5.41) is 6.34. The van der Waals surface area contributed by atoms with E-state index < -0.39 is 22.0 Å². The number of rotatable bonds is 8. The highest BCUT2D eigenvalue weighted by Gasteiger charge is 2.28. The molecule has 1 aliphatic rings. The van der Waals surface area contributed by atoms with E-state index in [1.807, 2.05) is 6.07 Å². The molecule has 2 heterocycles. The van der Waals surface area contributed by atoms with E-state index in [1.54, 1.807) is 12.3 Å². The minimum atomic E-state index is -3.92. The fourth-order valence-corrected chi connectivity index (χ4v) is 4.84. The molecule has 2 aromatic rings. The maximum Gasteiger partial charge on any atom is 0.246 e. The fourth-order valence-electron chi connectivity index (χ4n) is 3.31. The molecule has 0 unspecified atom stereocenters. The van der Waals surface area contributed by atoms with Crippen LogP contribution in [0.25, 0.3) is 0 Å². The van der Waals surface area contributed by atoms with E-state index in [9.17, 15) is 13.2 Å². The van der Waals surface area contributed by atoms with Crippen molar-refractivity contribution in [3.8, 4) is 5.88 Å². The Kier molecular flexibility index (Phi) is 6.53. The van der Waals surface area contributed by atoms with E-state index in [1.165, 1.54) is 33.6 Å². The van der Waals surface area contributed by atoms with Gasteiger partial charge in [-0.2, -0.15) is 4.72 Å². The van der Waals surface area contributed by atoms with Gasteiger partial charge < -0.3 is 14.6 Å². The van der Waals surface area contributed by atoms with Crippen LogP contribution in [0.5, 0.6) is 5.88 Å². The number of ether oxygens (including phenoxy) is 1. The van der Waals surface area contributed by atoms with E-state index >= 15 is 0 Å². The lowest BCUT2D eigenvalue weighted by Gasteiger charge is -2.15. The van der Waals surface area contributed by atoms with Crippen molar-refractivity contribution in [3.05, 3.63) is 35.3 Å². The van der Waals surface area contributed by atoms with E-state index in [0.29, 0.717) is 5.88 Å². The molecule has 0 bridgehead atoms. The third-order valence-electron chi connectivity index (χ3n) is 4.82. The lowest BCUT2D eigenvalue weighted by Crippen LogP contribution is -2.44. The highest BCUT2D eigenvalue weighted by atomic mass is 32.2. The van der Waals surface area contributed by atoms with Crippen molar-refractivity contribution in [3.63, 3.8) is 0 Å². The van der Waals surface area contributed by atoms with Crippen LogP contribution in [0.15, 0.2) is 27.7 Å². The van der Waals surface area contributed by atoms with Gasteiger partial charge in [-0.1, -0.05) is 11.2 Å². The van der Waals surface area contributed by atoms with Crippen LogP contribution in [0.3, 0.4) is 0 Å². The quantitative estimate of drug-likeness (QED) is 0.667. The van der Waals surface area contributed by atoms with Gasteiger partial charge in [-0.15, -0.1) is 0 Å². The Labute approximate surface area is 170 Å². The van der Waals surface area contributed by atoms with Crippen LogP contribution in [0.1, 0.15) is 49.6 Å². The molecule has 29 heavy (non-hydrogen) atoms. The number of sulfonamides is 1. The Bertz CT molecular complexity index is 930. The molecule has 1 saturated carbocycles. The third kappa shape index (κ3) is 5.33. The molecule has 9 nitrogen and oxygen atoms in total. The number of carbonyl (C=O) groups is 1. The summed E-state index contributed by atoms with van der Waals surface area (Å²) < 4.78 is 38.0. The van der Waals surface area contributed by atoms with Crippen molar-refractivity contribution in [2.75, 3.05) is 0 Å². The first kappa shape index (κ1) is 21.3. The Morgan fingerprint density at radius 3 is 2.62 bits per heavy atom. The molecule has 3 rings (SSSR count). The minimum absolute atomic E-state index is 0.0424. The number of nitrogens with zero attached hydrogens (tertiary/aromatic N) is 2. The molecule has 1 aliphatic carbocycles. The predicted octanol–water partition coefficient (Wildman–Crippen LogP) is 1.99. The summed E-state index contributed by atoms with van der Waals surface area (Å²) in [6, 6.07) is 2.64. The largest absolute Gasteiger partial charge is 0.474 e. The molecule has 1 fully saturated rings. The molecule has 0 radical (unpaired) electrons. The number of pyridine rings is 1. The van der Waals surface area contributed by atoms with Gasteiger partial charge in [-0.05, 0) is 52.0 Å². The van der Waals surface area contributed by atoms with Crippen LogP contribution in [0, 0.1) is 13.8 Å². The van der Waals surface area contributed by atoms with Gasteiger partial charge in [0.05, 0.1) is 6.04 Å². The van der Waals surface area contributed by atoms with Crippen LogP contribution in [0.4, 0.5) is 0 Å². The standard InChI is InChI=1S/C19H26N4O5S/c1-12-18(14(3)28-22-12)29(25,26)23-13(2)19(24)21-11-15-8-9-17(20-10-15)27-16-6-4-5-7-16/h8-10,13,16,23H,4-7,11H2,1-3H3,(H,21,24)/t13-/m0/s1. The number of amides is 1. The molecule has 0 aliphatic heterocycles. The molecule has 1 atom stereocenters. The summed E-state index contributed by atoms with van der Waals surface area (Å²) in [5.41, 5.74) is 1.03. The summed E-state index contributed by atoms with van der Waals surface area (Å²) in [6.45, 7) is 4.74. The molecule has 2 aromatic heterocycles. The summed E-state index contributed by atoms with van der Waals surface area (Å²) in [7, 11) is -3.92. The second-order valence-corrected chi connectivity index (χ2v) is 8.89. The highest BCUT2D eigenvalue weighted by Crippen LogP contribution is 2.23. The molecule has 1 amide bonds. The van der Waals surface area contributed by atoms with E-state index in [-0.39, 0.29) is 29.0 Å². The Hall–Kier alpha value is -2.46. The minimum Gasteiger partial charge on any atom is -0.474 e. The molecule has 158 valence electrons.